The molecule has 4 rings (SSSR count). The van der Waals surface area contributed by atoms with Crippen LogP contribution in [0.3, 0.4) is 0 Å². The van der Waals surface area contributed by atoms with E-state index in [0.717, 1.165) is 10.9 Å². The van der Waals surface area contributed by atoms with Gasteiger partial charge < -0.3 is 19.5 Å². The quantitative estimate of drug-likeness (QED) is 0.230. The summed E-state index contributed by atoms with van der Waals surface area (Å²) in [6, 6.07) is 14.1. The van der Waals surface area contributed by atoms with Crippen molar-refractivity contribution in [3.05, 3.63) is 86.6 Å². The first-order chi connectivity index (χ1) is 19.2. The van der Waals surface area contributed by atoms with Crippen molar-refractivity contribution in [3.8, 4) is 17.2 Å². The fourth-order valence-electron chi connectivity index (χ4n) is 3.89. The van der Waals surface area contributed by atoms with Gasteiger partial charge in [0.15, 0.2) is 18.1 Å². The molecule has 0 fully saturated rings. The highest BCUT2D eigenvalue weighted by molar-refractivity contribution is 9.10. The van der Waals surface area contributed by atoms with Crippen molar-refractivity contribution >= 4 is 44.6 Å². The summed E-state index contributed by atoms with van der Waals surface area (Å²) < 4.78 is 31.9. The topological polar surface area (TPSA) is 104 Å². The number of fused-ring (bicyclic) bond motifs is 1. The second-order valence-corrected chi connectivity index (χ2v) is 9.82. The fraction of sp³-hybridized carbons (Fsp3) is 0.241. The highest BCUT2D eigenvalue weighted by atomic mass is 79.9. The van der Waals surface area contributed by atoms with E-state index < -0.39 is 11.7 Å². The first-order valence-electron chi connectivity index (χ1n) is 12.4. The van der Waals surface area contributed by atoms with Crippen LogP contribution < -0.4 is 25.1 Å². The molecule has 0 unspecified atom stereocenters. The summed E-state index contributed by atoms with van der Waals surface area (Å²) in [6.07, 6.45) is 2.28. The number of carbonyl (C=O) groups is 1. The molecule has 9 nitrogen and oxygen atoms in total. The third-order valence-electron chi connectivity index (χ3n) is 6.17. The number of halogens is 2. The highest BCUT2D eigenvalue weighted by Crippen LogP contribution is 2.38. The molecule has 0 saturated heterocycles. The Hall–Kier alpha value is -4.25. The van der Waals surface area contributed by atoms with Crippen molar-refractivity contribution in [3.63, 3.8) is 0 Å². The molecule has 0 aliphatic rings. The van der Waals surface area contributed by atoms with E-state index in [1.807, 2.05) is 19.9 Å². The van der Waals surface area contributed by atoms with Gasteiger partial charge in [-0.05, 0) is 61.0 Å². The van der Waals surface area contributed by atoms with Gasteiger partial charge in [0.2, 0.25) is 5.75 Å². The van der Waals surface area contributed by atoms with Crippen molar-refractivity contribution in [2.45, 2.75) is 26.2 Å². The van der Waals surface area contributed by atoms with Crippen molar-refractivity contribution in [1.29, 1.82) is 0 Å². The van der Waals surface area contributed by atoms with Crippen molar-refractivity contribution in [2.24, 2.45) is 5.10 Å². The summed E-state index contributed by atoms with van der Waals surface area (Å²) in [5, 5.41) is 7.56. The molecule has 11 heteroatoms. The molecule has 0 aliphatic carbocycles. The number of ether oxygens (including phenoxy) is 3. The van der Waals surface area contributed by atoms with Gasteiger partial charge in [0.05, 0.1) is 31.3 Å². The van der Waals surface area contributed by atoms with Gasteiger partial charge in [-0.1, -0.05) is 29.8 Å². The Kier molecular flexibility index (Phi) is 9.15. The summed E-state index contributed by atoms with van der Waals surface area (Å²) in [7, 11) is 2.91. The molecule has 0 spiro atoms. The van der Waals surface area contributed by atoms with Gasteiger partial charge in [-0.2, -0.15) is 9.78 Å². The first-order valence-corrected chi connectivity index (χ1v) is 13.2. The number of anilines is 1. The minimum Gasteiger partial charge on any atom is -0.493 e. The Morgan fingerprint density at radius 2 is 1.80 bits per heavy atom. The lowest BCUT2D eigenvalue weighted by molar-refractivity contribution is -0.118. The maximum atomic E-state index is 13.4. The summed E-state index contributed by atoms with van der Waals surface area (Å²) in [6.45, 7) is 3.66. The Morgan fingerprint density at radius 1 is 1.12 bits per heavy atom. The van der Waals surface area contributed by atoms with Crippen LogP contribution in [0, 0.1) is 5.82 Å². The van der Waals surface area contributed by atoms with Gasteiger partial charge in [0.1, 0.15) is 11.6 Å². The number of hydrogen-bond donors (Lipinski definition) is 1. The standard InChI is InChI=1S/C29H28BrFN4O5/c1-5-17(2)28-34-23-11-6-19(30)14-22(23)29(37)35(28)32-15-18-12-24(38-3)27(25(13-18)39-4)40-16-26(36)33-21-9-7-20(31)8-10-21/h6-15,17H,5,16H2,1-4H3,(H,33,36)/t17-/m0/s1. The van der Waals surface area contributed by atoms with Gasteiger partial charge in [0.25, 0.3) is 11.5 Å². The molecule has 208 valence electrons. The minimum atomic E-state index is -0.450. The summed E-state index contributed by atoms with van der Waals surface area (Å²) in [4.78, 5) is 30.5. The third-order valence-corrected chi connectivity index (χ3v) is 6.66. The van der Waals surface area contributed by atoms with E-state index in [1.165, 1.54) is 49.4 Å². The number of carbonyl (C=O) groups excluding carboxylic acids is 1. The Labute approximate surface area is 238 Å². The molecule has 1 N–H and O–H groups in total. The molecule has 1 aromatic heterocycles. The van der Waals surface area contributed by atoms with E-state index >= 15 is 0 Å². The lowest BCUT2D eigenvalue weighted by Crippen LogP contribution is -2.23. The van der Waals surface area contributed by atoms with Crippen molar-refractivity contribution in [2.75, 3.05) is 26.1 Å². The van der Waals surface area contributed by atoms with Crippen LogP contribution >= 0.6 is 15.9 Å². The van der Waals surface area contributed by atoms with Crippen LogP contribution in [0.5, 0.6) is 17.2 Å². The summed E-state index contributed by atoms with van der Waals surface area (Å²) in [5.74, 6) is 0.484. The van der Waals surface area contributed by atoms with Crippen LogP contribution in [0.1, 0.15) is 37.6 Å². The fourth-order valence-corrected chi connectivity index (χ4v) is 4.25. The van der Waals surface area contributed by atoms with Crippen LogP contribution in [-0.4, -0.2) is 42.6 Å². The van der Waals surface area contributed by atoms with E-state index in [-0.39, 0.29) is 23.8 Å². The van der Waals surface area contributed by atoms with Crippen LogP contribution in [0.25, 0.3) is 10.9 Å². The Morgan fingerprint density at radius 3 is 2.42 bits per heavy atom. The predicted octanol–water partition coefficient (Wildman–Crippen LogP) is 5.73. The van der Waals surface area contributed by atoms with E-state index in [4.69, 9.17) is 19.2 Å². The Bertz CT molecular complexity index is 1600. The van der Waals surface area contributed by atoms with Gasteiger partial charge in [-0.25, -0.2) is 9.37 Å². The lowest BCUT2D eigenvalue weighted by atomic mass is 10.1. The van der Waals surface area contributed by atoms with Gasteiger partial charge in [-0.3, -0.25) is 9.59 Å². The molecule has 40 heavy (non-hydrogen) atoms. The number of methoxy groups -OCH3 is 2. The molecule has 0 saturated carbocycles. The normalized spacial score (nSPS) is 11.9. The van der Waals surface area contributed by atoms with E-state index in [1.54, 1.807) is 24.3 Å². The van der Waals surface area contributed by atoms with E-state index in [0.29, 0.717) is 39.5 Å². The van der Waals surface area contributed by atoms with Crippen molar-refractivity contribution in [1.82, 2.24) is 9.66 Å². The Balaban J connectivity index is 1.63. The number of aromatic nitrogens is 2. The minimum absolute atomic E-state index is 0.0150. The van der Waals surface area contributed by atoms with E-state index in [2.05, 4.69) is 26.3 Å². The molecule has 1 atom stereocenters. The number of rotatable bonds is 10. The lowest BCUT2D eigenvalue weighted by Gasteiger charge is -2.16. The maximum absolute atomic E-state index is 13.4. The van der Waals surface area contributed by atoms with Gasteiger partial charge in [-0.15, -0.1) is 0 Å². The predicted molar refractivity (Wildman–Crippen MR) is 155 cm³/mol. The molecule has 1 amide bonds. The summed E-state index contributed by atoms with van der Waals surface area (Å²) >= 11 is 3.41. The molecular weight excluding hydrogens is 583 g/mol. The average Bonchev–Trinajstić information content (AvgIpc) is 2.96. The van der Waals surface area contributed by atoms with Gasteiger partial charge in [0, 0.05) is 21.6 Å². The van der Waals surface area contributed by atoms with Crippen LogP contribution in [0.2, 0.25) is 0 Å². The summed E-state index contributed by atoms with van der Waals surface area (Å²) in [5.41, 5.74) is 1.31. The molecule has 4 aromatic rings. The number of amides is 1. The molecule has 0 radical (unpaired) electrons. The average molecular weight is 611 g/mol. The van der Waals surface area contributed by atoms with Crippen LogP contribution in [0.4, 0.5) is 10.1 Å². The van der Waals surface area contributed by atoms with Gasteiger partial charge >= 0.3 is 0 Å². The van der Waals surface area contributed by atoms with Crippen molar-refractivity contribution < 1.29 is 23.4 Å². The zero-order chi connectivity index (χ0) is 28.8. The molecular formula is C29H28BrFN4O5. The largest absolute Gasteiger partial charge is 0.493 e. The second kappa shape index (κ2) is 12.7. The highest BCUT2D eigenvalue weighted by Gasteiger charge is 2.18. The van der Waals surface area contributed by atoms with E-state index in [9.17, 15) is 14.0 Å². The van der Waals surface area contributed by atoms with Crippen LogP contribution in [0.15, 0.2) is 69.0 Å². The number of nitrogens with one attached hydrogen (secondary N) is 1. The third kappa shape index (κ3) is 6.48. The zero-order valence-electron chi connectivity index (χ0n) is 22.4. The zero-order valence-corrected chi connectivity index (χ0v) is 24.0. The second-order valence-electron chi connectivity index (χ2n) is 8.90. The molecule has 0 bridgehead atoms. The number of hydrogen-bond acceptors (Lipinski definition) is 7. The smallest absolute Gasteiger partial charge is 0.282 e. The van der Waals surface area contributed by atoms with Crippen LogP contribution in [-0.2, 0) is 4.79 Å². The number of benzene rings is 3. The molecule has 0 aliphatic heterocycles. The monoisotopic (exact) mass is 610 g/mol. The maximum Gasteiger partial charge on any atom is 0.282 e. The SMILES string of the molecule is CC[C@H](C)c1nc2ccc(Br)cc2c(=O)n1N=Cc1cc(OC)c(OCC(=O)Nc2ccc(F)cc2)c(OC)c1. The molecule has 3 aromatic carbocycles. The molecule has 1 heterocycles. The first kappa shape index (κ1) is 28.8. The number of nitrogens with zero attached hydrogens (tertiary/aromatic N) is 3.